The normalized spacial score (nSPS) is 34.8. The molecule has 0 heterocycles. The summed E-state index contributed by atoms with van der Waals surface area (Å²) in [4.78, 5) is 0. The molecule has 2 nitrogen and oxygen atoms in total. The molecule has 3 heteroatoms. The Balaban J connectivity index is 2.38. The fourth-order valence-corrected chi connectivity index (χ4v) is 2.58. The van der Waals surface area contributed by atoms with Crippen LogP contribution in [0.15, 0.2) is 0 Å². The molecule has 0 N–H and O–H groups in total. The van der Waals surface area contributed by atoms with Gasteiger partial charge in [-0.3, -0.25) is 0 Å². The average Bonchev–Trinajstić information content (AvgIpc) is 2.18. The summed E-state index contributed by atoms with van der Waals surface area (Å²) in [5.74, 6) is 0.814. The van der Waals surface area contributed by atoms with Crippen LogP contribution in [0, 0.1) is 5.92 Å². The van der Waals surface area contributed by atoms with Gasteiger partial charge in [-0.15, -0.1) is 0 Å². The summed E-state index contributed by atoms with van der Waals surface area (Å²) in [5, 5.41) is 0. The highest BCUT2D eigenvalue weighted by molar-refractivity contribution is 6.08. The largest absolute Gasteiger partial charge is 0.379 e. The van der Waals surface area contributed by atoms with Gasteiger partial charge >= 0.3 is 0 Å². The number of methoxy groups -OCH3 is 2. The first-order valence-electron chi connectivity index (χ1n) is 5.02. The Morgan fingerprint density at radius 1 is 1.15 bits per heavy atom. The van der Waals surface area contributed by atoms with E-state index < -0.39 is 0 Å². The third-order valence-electron chi connectivity index (χ3n) is 3.00. The number of hydrogen-bond acceptors (Lipinski definition) is 2. The number of hydrogen-bond donors (Lipinski definition) is 0. The molecule has 0 aromatic carbocycles. The molecule has 3 unspecified atom stereocenters. The zero-order chi connectivity index (χ0) is 9.68. The van der Waals surface area contributed by atoms with E-state index in [1.807, 2.05) is 0 Å². The van der Waals surface area contributed by atoms with E-state index in [1.165, 1.54) is 12.8 Å². The molecule has 3 atom stereocenters. The Morgan fingerprint density at radius 3 is 2.38 bits per heavy atom. The maximum atomic E-state index is 5.43. The Kier molecular flexibility index (Phi) is 4.99. The summed E-state index contributed by atoms with van der Waals surface area (Å²) < 4.78 is 10.8. The van der Waals surface area contributed by atoms with Crippen molar-refractivity contribution in [1.29, 1.82) is 0 Å². The minimum atomic E-state index is 0.307. The Bertz CT molecular complexity index is 141. The van der Waals surface area contributed by atoms with Gasteiger partial charge in [-0.25, -0.2) is 0 Å². The molecule has 0 aromatic heterocycles. The molecule has 1 aliphatic carbocycles. The number of ether oxygens (including phenoxy) is 2. The minimum Gasteiger partial charge on any atom is -0.379 e. The molecule has 0 aromatic rings. The lowest BCUT2D eigenvalue weighted by Gasteiger charge is -2.34. The molecule has 0 amide bonds. The third kappa shape index (κ3) is 3.08. The van der Waals surface area contributed by atoms with Gasteiger partial charge in [-0.1, -0.05) is 12.5 Å². The van der Waals surface area contributed by atoms with Crippen molar-refractivity contribution in [2.75, 3.05) is 14.2 Å². The summed E-state index contributed by atoms with van der Waals surface area (Å²) in [6.45, 7) is 0. The molecule has 3 radical (unpaired) electrons. The minimum absolute atomic E-state index is 0.307. The van der Waals surface area contributed by atoms with Crippen LogP contribution in [-0.4, -0.2) is 36.7 Å². The lowest BCUT2D eigenvalue weighted by Crippen LogP contribution is -2.36. The van der Waals surface area contributed by atoms with Crippen molar-refractivity contribution >= 4 is 10.2 Å². The zero-order valence-corrected chi connectivity index (χ0v) is 9.58. The molecule has 0 saturated heterocycles. The lowest BCUT2D eigenvalue weighted by atomic mass is 9.83. The monoisotopic (exact) mass is 199 g/mol. The molecule has 0 spiro atoms. The molecule has 1 rings (SSSR count). The van der Waals surface area contributed by atoms with Gasteiger partial charge in [0.2, 0.25) is 0 Å². The van der Waals surface area contributed by atoms with Crippen LogP contribution in [0.2, 0.25) is 6.04 Å². The third-order valence-corrected chi connectivity index (χ3v) is 3.29. The van der Waals surface area contributed by atoms with Crippen LogP contribution in [0.5, 0.6) is 0 Å². The van der Waals surface area contributed by atoms with E-state index in [-0.39, 0.29) is 0 Å². The van der Waals surface area contributed by atoms with Gasteiger partial charge in [0.15, 0.2) is 0 Å². The SMILES string of the molecule is COC1CCC(CC[Si])CC1OC. The molecule has 0 bridgehead atoms. The van der Waals surface area contributed by atoms with Crippen molar-refractivity contribution in [2.24, 2.45) is 5.92 Å². The average molecular weight is 199 g/mol. The lowest BCUT2D eigenvalue weighted by molar-refractivity contribution is -0.0705. The Morgan fingerprint density at radius 2 is 1.85 bits per heavy atom. The van der Waals surface area contributed by atoms with Crippen molar-refractivity contribution < 1.29 is 9.47 Å². The van der Waals surface area contributed by atoms with Gasteiger partial charge in [0.1, 0.15) is 0 Å². The van der Waals surface area contributed by atoms with Gasteiger partial charge < -0.3 is 9.47 Å². The van der Waals surface area contributed by atoms with E-state index in [4.69, 9.17) is 9.47 Å². The standard InChI is InChI=1S/C10H19O2Si/c1-11-9-4-3-8(5-6-13)7-10(9)12-2/h8-10H,3-7H2,1-2H3. The molecule has 1 aliphatic rings. The van der Waals surface area contributed by atoms with E-state index in [0.29, 0.717) is 12.2 Å². The molecule has 1 saturated carbocycles. The van der Waals surface area contributed by atoms with Crippen LogP contribution >= 0.6 is 0 Å². The van der Waals surface area contributed by atoms with Crippen LogP contribution in [-0.2, 0) is 9.47 Å². The van der Waals surface area contributed by atoms with E-state index in [1.54, 1.807) is 14.2 Å². The first kappa shape index (κ1) is 11.2. The van der Waals surface area contributed by atoms with Gasteiger partial charge in [-0.2, -0.15) is 0 Å². The predicted octanol–water partition coefficient (Wildman–Crippen LogP) is 1.79. The van der Waals surface area contributed by atoms with Gasteiger partial charge in [0.25, 0.3) is 0 Å². The van der Waals surface area contributed by atoms with Crippen LogP contribution < -0.4 is 0 Å². The highest BCUT2D eigenvalue weighted by atomic mass is 28.1. The van der Waals surface area contributed by atoms with E-state index in [2.05, 4.69) is 10.2 Å². The second-order valence-electron chi connectivity index (χ2n) is 3.77. The van der Waals surface area contributed by atoms with E-state index >= 15 is 0 Å². The highest BCUT2D eigenvalue weighted by Gasteiger charge is 2.29. The Hall–Kier alpha value is 0.137. The van der Waals surface area contributed by atoms with Crippen LogP contribution in [0.25, 0.3) is 0 Å². The fourth-order valence-electron chi connectivity index (χ4n) is 2.17. The fraction of sp³-hybridized carbons (Fsp3) is 1.00. The molecule has 1 fully saturated rings. The molecule has 75 valence electrons. The molecule has 0 aliphatic heterocycles. The molecular weight excluding hydrogens is 180 g/mol. The number of rotatable bonds is 4. The van der Waals surface area contributed by atoms with Crippen molar-refractivity contribution in [2.45, 2.75) is 43.9 Å². The highest BCUT2D eigenvalue weighted by Crippen LogP contribution is 2.30. The van der Waals surface area contributed by atoms with Crippen molar-refractivity contribution in [3.05, 3.63) is 0 Å². The maximum absolute atomic E-state index is 5.43. The van der Waals surface area contributed by atoms with Crippen molar-refractivity contribution in [3.63, 3.8) is 0 Å². The Labute approximate surface area is 84.4 Å². The summed E-state index contributed by atoms with van der Waals surface area (Å²) >= 11 is 0. The zero-order valence-electron chi connectivity index (χ0n) is 8.58. The smallest absolute Gasteiger partial charge is 0.0835 e. The maximum Gasteiger partial charge on any atom is 0.0835 e. The second kappa shape index (κ2) is 5.78. The van der Waals surface area contributed by atoms with Gasteiger partial charge in [0, 0.05) is 24.5 Å². The summed E-state index contributed by atoms with van der Waals surface area (Å²) in [5.41, 5.74) is 0. The van der Waals surface area contributed by atoms with E-state index in [9.17, 15) is 0 Å². The first-order chi connectivity index (χ1) is 6.31. The quantitative estimate of drug-likeness (QED) is 0.643. The summed E-state index contributed by atoms with van der Waals surface area (Å²) in [6.07, 6.45) is 5.46. The van der Waals surface area contributed by atoms with Crippen LogP contribution in [0.1, 0.15) is 25.7 Å². The predicted molar refractivity (Wildman–Crippen MR) is 54.1 cm³/mol. The molecular formula is C10H19O2Si. The second-order valence-corrected chi connectivity index (χ2v) is 4.27. The van der Waals surface area contributed by atoms with Crippen molar-refractivity contribution in [1.82, 2.24) is 0 Å². The van der Waals surface area contributed by atoms with Gasteiger partial charge in [-0.05, 0) is 25.2 Å². The van der Waals surface area contributed by atoms with Crippen LogP contribution in [0.3, 0.4) is 0 Å². The van der Waals surface area contributed by atoms with Crippen molar-refractivity contribution in [3.8, 4) is 0 Å². The first-order valence-corrected chi connectivity index (χ1v) is 5.72. The van der Waals surface area contributed by atoms with Gasteiger partial charge in [0.05, 0.1) is 12.2 Å². The van der Waals surface area contributed by atoms with Crippen LogP contribution in [0.4, 0.5) is 0 Å². The summed E-state index contributed by atoms with van der Waals surface area (Å²) in [7, 11) is 7.10. The summed E-state index contributed by atoms with van der Waals surface area (Å²) in [6, 6.07) is 1.10. The van der Waals surface area contributed by atoms with E-state index in [0.717, 1.165) is 24.8 Å². The molecule has 13 heavy (non-hydrogen) atoms. The topological polar surface area (TPSA) is 18.5 Å².